The first-order valence-corrected chi connectivity index (χ1v) is 9.11. The van der Waals surface area contributed by atoms with Gasteiger partial charge in [-0.1, -0.05) is 24.3 Å². The molecule has 144 valence electrons. The van der Waals surface area contributed by atoms with Gasteiger partial charge in [-0.15, -0.1) is 0 Å². The molecule has 2 aliphatic rings. The van der Waals surface area contributed by atoms with Gasteiger partial charge < -0.3 is 20.1 Å². The molecule has 0 aliphatic carbocycles. The van der Waals surface area contributed by atoms with Gasteiger partial charge >= 0.3 is 0 Å². The van der Waals surface area contributed by atoms with E-state index >= 15 is 0 Å². The highest BCUT2D eigenvalue weighted by Gasteiger charge is 2.52. The van der Waals surface area contributed by atoms with Crippen LogP contribution in [-0.2, 0) is 20.9 Å². The predicted octanol–water partition coefficient (Wildman–Crippen LogP) is 1.91. The van der Waals surface area contributed by atoms with Crippen molar-refractivity contribution in [2.75, 3.05) is 12.4 Å². The lowest BCUT2D eigenvalue weighted by Gasteiger charge is -2.23. The molecule has 2 aromatic rings. The van der Waals surface area contributed by atoms with Gasteiger partial charge in [0.2, 0.25) is 11.8 Å². The van der Waals surface area contributed by atoms with Crippen molar-refractivity contribution in [3.8, 4) is 5.75 Å². The second-order valence-electron chi connectivity index (χ2n) is 6.80. The molecular formula is C21H21N3O4. The lowest BCUT2D eigenvalue weighted by atomic mass is 9.81. The number of nitrogens with one attached hydrogen (secondary N) is 2. The number of pyridine rings is 1. The molecule has 1 fully saturated rings. The van der Waals surface area contributed by atoms with Crippen LogP contribution in [-0.4, -0.2) is 36.1 Å². The second kappa shape index (κ2) is 7.82. The minimum absolute atomic E-state index is 0.202. The Morgan fingerprint density at radius 2 is 1.89 bits per heavy atom. The Balaban J connectivity index is 1.46. The fourth-order valence-corrected chi connectivity index (χ4v) is 3.67. The van der Waals surface area contributed by atoms with Gasteiger partial charge in [-0.25, -0.2) is 0 Å². The molecule has 2 aliphatic heterocycles. The van der Waals surface area contributed by atoms with Crippen molar-refractivity contribution in [3.63, 3.8) is 0 Å². The average Bonchev–Trinajstić information content (AvgIpc) is 3.34. The number of aromatic nitrogens is 1. The van der Waals surface area contributed by atoms with Gasteiger partial charge in [0.1, 0.15) is 5.75 Å². The zero-order valence-corrected chi connectivity index (χ0v) is 15.4. The Morgan fingerprint density at radius 1 is 1.11 bits per heavy atom. The predicted molar refractivity (Wildman–Crippen MR) is 102 cm³/mol. The van der Waals surface area contributed by atoms with E-state index in [9.17, 15) is 9.59 Å². The van der Waals surface area contributed by atoms with Gasteiger partial charge in [-0.3, -0.25) is 14.6 Å². The van der Waals surface area contributed by atoms with Crippen molar-refractivity contribution in [2.24, 2.45) is 11.8 Å². The van der Waals surface area contributed by atoms with E-state index in [1.54, 1.807) is 43.8 Å². The Hall–Kier alpha value is -3.19. The van der Waals surface area contributed by atoms with E-state index in [1.807, 2.05) is 24.3 Å². The smallest absolute Gasteiger partial charge is 0.231 e. The molecule has 3 heterocycles. The minimum Gasteiger partial charge on any atom is -0.497 e. The van der Waals surface area contributed by atoms with Crippen LogP contribution < -0.4 is 15.4 Å². The van der Waals surface area contributed by atoms with Crippen LogP contribution >= 0.6 is 0 Å². The third-order valence-electron chi connectivity index (χ3n) is 5.03. The molecule has 28 heavy (non-hydrogen) atoms. The van der Waals surface area contributed by atoms with Crippen LogP contribution in [0.5, 0.6) is 5.75 Å². The molecule has 4 atom stereocenters. The van der Waals surface area contributed by atoms with Crippen LogP contribution in [0.25, 0.3) is 0 Å². The molecule has 4 rings (SSSR count). The summed E-state index contributed by atoms with van der Waals surface area (Å²) in [6.45, 7) is 0.356. The minimum atomic E-state index is -0.588. The molecule has 0 saturated carbocycles. The van der Waals surface area contributed by atoms with E-state index in [-0.39, 0.29) is 17.9 Å². The molecule has 0 spiro atoms. The van der Waals surface area contributed by atoms with Crippen LogP contribution in [0.4, 0.5) is 5.69 Å². The van der Waals surface area contributed by atoms with E-state index < -0.39 is 17.9 Å². The third-order valence-corrected chi connectivity index (χ3v) is 5.03. The maximum Gasteiger partial charge on any atom is 0.231 e. The van der Waals surface area contributed by atoms with Gasteiger partial charge in [0.05, 0.1) is 31.2 Å². The number of fused-ring (bicyclic) bond motifs is 2. The molecule has 1 aromatic carbocycles. The molecule has 1 saturated heterocycles. The molecule has 0 unspecified atom stereocenters. The van der Waals surface area contributed by atoms with Crippen LogP contribution in [0.3, 0.4) is 0 Å². The van der Waals surface area contributed by atoms with E-state index in [0.717, 1.165) is 5.56 Å². The van der Waals surface area contributed by atoms with E-state index in [1.165, 1.54) is 0 Å². The zero-order valence-electron chi connectivity index (χ0n) is 15.4. The van der Waals surface area contributed by atoms with Crippen LogP contribution in [0, 0.1) is 11.8 Å². The molecule has 0 radical (unpaired) electrons. The lowest BCUT2D eigenvalue weighted by Crippen LogP contribution is -2.44. The SMILES string of the molecule is COc1cccc(NC(=O)[C@H]2[C@@H](C(=O)NCc3cccnc3)[C@@H]3C=C[C@@H]2O3)c1. The number of anilines is 1. The number of rotatable bonds is 6. The normalized spacial score (nSPS) is 24.8. The number of ether oxygens (including phenoxy) is 2. The Morgan fingerprint density at radius 3 is 2.61 bits per heavy atom. The van der Waals surface area contributed by atoms with Gasteiger partial charge in [0.15, 0.2) is 0 Å². The van der Waals surface area contributed by atoms with Crippen LogP contribution in [0.15, 0.2) is 60.9 Å². The fourth-order valence-electron chi connectivity index (χ4n) is 3.67. The number of nitrogens with zero attached hydrogens (tertiary/aromatic N) is 1. The highest BCUT2D eigenvalue weighted by molar-refractivity contribution is 5.97. The summed E-state index contributed by atoms with van der Waals surface area (Å²) in [4.78, 5) is 29.8. The molecule has 1 aromatic heterocycles. The third kappa shape index (κ3) is 3.61. The number of hydrogen-bond acceptors (Lipinski definition) is 5. The number of hydrogen-bond donors (Lipinski definition) is 2. The largest absolute Gasteiger partial charge is 0.497 e. The van der Waals surface area contributed by atoms with Gasteiger partial charge in [-0.05, 0) is 23.8 Å². The summed E-state index contributed by atoms with van der Waals surface area (Å²) in [5.41, 5.74) is 1.51. The lowest BCUT2D eigenvalue weighted by molar-refractivity contribution is -0.131. The summed E-state index contributed by atoms with van der Waals surface area (Å²) in [5.74, 6) is -0.960. The summed E-state index contributed by atoms with van der Waals surface area (Å²) < 4.78 is 11.0. The Labute approximate surface area is 162 Å². The maximum atomic E-state index is 12.9. The fraction of sp³-hybridized carbons (Fsp3) is 0.286. The van der Waals surface area contributed by atoms with Gasteiger partial charge in [0.25, 0.3) is 0 Å². The first-order valence-electron chi connectivity index (χ1n) is 9.11. The number of benzene rings is 1. The van der Waals surface area contributed by atoms with Crippen molar-refractivity contribution < 1.29 is 19.1 Å². The number of carbonyl (C=O) groups excluding carboxylic acids is 2. The first kappa shape index (κ1) is 18.2. The average molecular weight is 379 g/mol. The summed E-state index contributed by atoms with van der Waals surface area (Å²) in [5, 5.41) is 5.78. The molecule has 7 nitrogen and oxygen atoms in total. The number of carbonyl (C=O) groups is 2. The summed E-state index contributed by atoms with van der Waals surface area (Å²) in [6.07, 6.45) is 6.30. The van der Waals surface area contributed by atoms with Crippen molar-refractivity contribution in [3.05, 3.63) is 66.5 Å². The highest BCUT2D eigenvalue weighted by atomic mass is 16.5. The monoisotopic (exact) mass is 379 g/mol. The number of methoxy groups -OCH3 is 1. The molecule has 2 amide bonds. The number of amides is 2. The van der Waals surface area contributed by atoms with E-state index in [2.05, 4.69) is 15.6 Å². The van der Waals surface area contributed by atoms with Crippen LogP contribution in [0.2, 0.25) is 0 Å². The molecule has 2 N–H and O–H groups in total. The zero-order chi connectivity index (χ0) is 19.5. The van der Waals surface area contributed by atoms with Crippen molar-refractivity contribution >= 4 is 17.5 Å². The van der Waals surface area contributed by atoms with Crippen molar-refractivity contribution in [1.29, 1.82) is 0 Å². The first-order chi connectivity index (χ1) is 13.7. The summed E-state index contributed by atoms with van der Waals surface area (Å²) in [6, 6.07) is 10.8. The Kier molecular flexibility index (Phi) is 5.08. The van der Waals surface area contributed by atoms with Crippen molar-refractivity contribution in [2.45, 2.75) is 18.8 Å². The maximum absolute atomic E-state index is 12.9. The molecule has 7 heteroatoms. The van der Waals surface area contributed by atoms with E-state index in [0.29, 0.717) is 18.0 Å². The Bertz CT molecular complexity index is 900. The standard InChI is InChI=1S/C21H21N3O4/c1-27-15-6-2-5-14(10-15)24-21(26)19-17-8-7-16(28-17)18(19)20(25)23-12-13-4-3-9-22-11-13/h2-11,16-19H,12H2,1H3,(H,23,25)(H,24,26)/t16-,17-,18-,19+/m0/s1. The summed E-state index contributed by atoms with van der Waals surface area (Å²) in [7, 11) is 1.57. The highest BCUT2D eigenvalue weighted by Crippen LogP contribution is 2.40. The van der Waals surface area contributed by atoms with Gasteiger partial charge in [-0.2, -0.15) is 0 Å². The van der Waals surface area contributed by atoms with E-state index in [4.69, 9.17) is 9.47 Å². The molecule has 2 bridgehead atoms. The second-order valence-corrected chi connectivity index (χ2v) is 6.80. The molecular weight excluding hydrogens is 358 g/mol. The van der Waals surface area contributed by atoms with Crippen molar-refractivity contribution in [1.82, 2.24) is 10.3 Å². The topological polar surface area (TPSA) is 89.5 Å². The van der Waals surface area contributed by atoms with Crippen LogP contribution in [0.1, 0.15) is 5.56 Å². The quantitative estimate of drug-likeness (QED) is 0.749. The van der Waals surface area contributed by atoms with Gasteiger partial charge in [0, 0.05) is 30.7 Å². The summed E-state index contributed by atoms with van der Waals surface area (Å²) >= 11 is 0.